The molecule has 0 radical (unpaired) electrons. The van der Waals surface area contributed by atoms with Crippen molar-refractivity contribution in [2.45, 2.75) is 0 Å². The molecule has 0 saturated carbocycles. The highest BCUT2D eigenvalue weighted by Gasteiger charge is 2.13. The van der Waals surface area contributed by atoms with Gasteiger partial charge in [0.05, 0.1) is 27.5 Å². The van der Waals surface area contributed by atoms with Gasteiger partial charge in [-0.05, 0) is 66.8 Å². The van der Waals surface area contributed by atoms with Crippen LogP contribution in [0, 0.1) is 16.4 Å². The van der Waals surface area contributed by atoms with Crippen molar-refractivity contribution in [2.75, 3.05) is 5.32 Å². The first-order valence-corrected chi connectivity index (χ1v) is 10.2. The van der Waals surface area contributed by atoms with E-state index in [0.717, 1.165) is 18.2 Å². The summed E-state index contributed by atoms with van der Waals surface area (Å²) >= 11 is 5.13. The minimum absolute atomic E-state index is 0.0106. The molecule has 0 bridgehead atoms. The number of fused-ring (bicyclic) bond motifs is 2. The molecule has 2 aromatic heterocycles. The second kappa shape index (κ2) is 7.75. The molecule has 5 rings (SSSR count). The number of halogens is 2. The van der Waals surface area contributed by atoms with E-state index >= 15 is 0 Å². The van der Waals surface area contributed by atoms with Gasteiger partial charge < -0.3 is 15.3 Å². The molecule has 0 atom stereocenters. The average molecular weight is 463 g/mol. The number of imidazole rings is 1. The summed E-state index contributed by atoms with van der Waals surface area (Å²) in [5, 5.41) is 3.20. The third-order valence-corrected chi connectivity index (χ3v) is 5.66. The maximum Gasteiger partial charge on any atom is 0.261 e. The summed E-state index contributed by atoms with van der Waals surface area (Å²) in [6.45, 7) is 0. The number of nitrogens with zero attached hydrogens (tertiary/aromatic N) is 2. The molecule has 0 spiro atoms. The number of amides is 1. The minimum Gasteiger partial charge on any atom is -0.338 e. The van der Waals surface area contributed by atoms with E-state index in [9.17, 15) is 18.4 Å². The highest BCUT2D eigenvalue weighted by atomic mass is 32.1. The Labute approximate surface area is 189 Å². The van der Waals surface area contributed by atoms with Crippen molar-refractivity contribution >= 4 is 45.7 Å². The maximum absolute atomic E-state index is 14.1. The Morgan fingerprint density at radius 1 is 1.03 bits per heavy atom. The Bertz CT molecular complexity index is 1700. The molecule has 1 amide bonds. The Balaban J connectivity index is 1.46. The second-order valence-corrected chi connectivity index (χ2v) is 7.84. The smallest absolute Gasteiger partial charge is 0.261 e. The molecule has 7 nitrogen and oxygen atoms in total. The Morgan fingerprint density at radius 2 is 1.85 bits per heavy atom. The molecule has 0 saturated heterocycles. The first-order chi connectivity index (χ1) is 15.8. The lowest BCUT2D eigenvalue weighted by Crippen LogP contribution is -2.19. The SMILES string of the molecule is Cn1c(=S)[nH]c2cc(C(=O)Nc3ccc4nc(-c5cc(F)ccc5F)[nH]c4c3)ccc2c1=O. The summed E-state index contributed by atoms with van der Waals surface area (Å²) in [7, 11) is 1.57. The number of aromatic nitrogens is 4. The first-order valence-electron chi connectivity index (χ1n) is 9.80. The molecule has 5 aromatic rings. The van der Waals surface area contributed by atoms with Crippen molar-refractivity contribution in [1.29, 1.82) is 0 Å². The van der Waals surface area contributed by atoms with Crippen molar-refractivity contribution in [3.05, 3.63) is 86.9 Å². The average Bonchev–Trinajstić information content (AvgIpc) is 3.22. The maximum atomic E-state index is 14.1. The van der Waals surface area contributed by atoms with Crippen LogP contribution in [0.1, 0.15) is 10.4 Å². The normalized spacial score (nSPS) is 11.2. The second-order valence-electron chi connectivity index (χ2n) is 7.45. The van der Waals surface area contributed by atoms with E-state index in [-0.39, 0.29) is 21.7 Å². The van der Waals surface area contributed by atoms with Gasteiger partial charge in [0.1, 0.15) is 17.5 Å². The van der Waals surface area contributed by atoms with E-state index in [4.69, 9.17) is 12.2 Å². The predicted octanol–water partition coefficient (Wildman–Crippen LogP) is 4.67. The zero-order valence-corrected chi connectivity index (χ0v) is 17.9. The molecule has 3 N–H and O–H groups in total. The van der Waals surface area contributed by atoms with Crippen molar-refractivity contribution in [1.82, 2.24) is 19.5 Å². The molecular formula is C23H15F2N5O2S. The monoisotopic (exact) mass is 463 g/mol. The number of anilines is 1. The number of hydrogen-bond donors (Lipinski definition) is 3. The molecule has 0 unspecified atom stereocenters. The number of carbonyl (C=O) groups excluding carboxylic acids is 1. The van der Waals surface area contributed by atoms with Gasteiger partial charge in [-0.2, -0.15) is 0 Å². The van der Waals surface area contributed by atoms with E-state index in [1.807, 2.05) is 0 Å². The summed E-state index contributed by atoms with van der Waals surface area (Å²) in [5.74, 6) is -1.40. The van der Waals surface area contributed by atoms with Gasteiger partial charge in [0, 0.05) is 18.3 Å². The van der Waals surface area contributed by atoms with Gasteiger partial charge in [-0.1, -0.05) is 0 Å². The standard InChI is InChI=1S/C23H15F2N5O2S/c1-30-22(32)14-5-2-11(8-18(14)29-23(30)33)21(31)26-13-4-7-17-19(10-13)28-20(27-17)15-9-12(24)3-6-16(15)25/h2-10H,1H3,(H,26,31)(H,27,28)(H,29,33). The molecular weight excluding hydrogens is 448 g/mol. The van der Waals surface area contributed by atoms with Crippen molar-refractivity contribution in [2.24, 2.45) is 7.05 Å². The summed E-state index contributed by atoms with van der Waals surface area (Å²) < 4.78 is 29.2. The third-order valence-electron chi connectivity index (χ3n) is 5.29. The van der Waals surface area contributed by atoms with Crippen LogP contribution in [0.5, 0.6) is 0 Å². The fourth-order valence-corrected chi connectivity index (χ4v) is 3.74. The quantitative estimate of drug-likeness (QED) is 0.339. The van der Waals surface area contributed by atoms with Crippen molar-refractivity contribution < 1.29 is 13.6 Å². The Morgan fingerprint density at radius 3 is 2.67 bits per heavy atom. The van der Waals surface area contributed by atoms with E-state index < -0.39 is 17.5 Å². The molecule has 10 heteroatoms. The molecule has 0 aliphatic rings. The molecule has 2 heterocycles. The summed E-state index contributed by atoms with van der Waals surface area (Å²) in [5.41, 5.74) is 2.08. The first kappa shape index (κ1) is 20.7. The fraction of sp³-hybridized carbons (Fsp3) is 0.0435. The lowest BCUT2D eigenvalue weighted by molar-refractivity contribution is 0.102. The van der Waals surface area contributed by atoms with Crippen LogP contribution in [-0.2, 0) is 7.05 Å². The summed E-state index contributed by atoms with van der Waals surface area (Å²) in [4.78, 5) is 35.3. The van der Waals surface area contributed by atoms with Gasteiger partial charge in [0.2, 0.25) is 0 Å². The van der Waals surface area contributed by atoms with Gasteiger partial charge in [-0.25, -0.2) is 13.8 Å². The van der Waals surface area contributed by atoms with E-state index in [1.165, 1.54) is 4.57 Å². The number of benzene rings is 3. The van der Waals surface area contributed by atoms with Gasteiger partial charge in [0.15, 0.2) is 4.77 Å². The topological polar surface area (TPSA) is 95.6 Å². The van der Waals surface area contributed by atoms with Crippen LogP contribution in [-0.4, -0.2) is 25.4 Å². The van der Waals surface area contributed by atoms with Gasteiger partial charge in [0.25, 0.3) is 11.5 Å². The molecule has 0 fully saturated rings. The predicted molar refractivity (Wildman–Crippen MR) is 124 cm³/mol. The number of H-pyrrole nitrogens is 2. The highest BCUT2D eigenvalue weighted by Crippen LogP contribution is 2.26. The number of rotatable bonds is 3. The number of hydrogen-bond acceptors (Lipinski definition) is 4. The molecule has 0 aliphatic heterocycles. The molecule has 164 valence electrons. The van der Waals surface area contributed by atoms with Gasteiger partial charge in [-0.15, -0.1) is 0 Å². The molecule has 0 aliphatic carbocycles. The van der Waals surface area contributed by atoms with Crippen LogP contribution in [0.2, 0.25) is 0 Å². The molecule has 3 aromatic carbocycles. The lowest BCUT2D eigenvalue weighted by atomic mass is 10.1. The van der Waals surface area contributed by atoms with Crippen LogP contribution in [0.4, 0.5) is 14.5 Å². The van der Waals surface area contributed by atoms with E-state index in [1.54, 1.807) is 43.4 Å². The Hall–Kier alpha value is -4.18. The van der Waals surface area contributed by atoms with Crippen LogP contribution >= 0.6 is 12.2 Å². The number of carbonyl (C=O) groups is 1. The Kier molecular flexibility index (Phi) is 4.86. The van der Waals surface area contributed by atoms with Crippen LogP contribution in [0.3, 0.4) is 0 Å². The van der Waals surface area contributed by atoms with Crippen LogP contribution in [0.25, 0.3) is 33.3 Å². The number of aromatic amines is 2. The van der Waals surface area contributed by atoms with Crippen LogP contribution in [0.15, 0.2) is 59.4 Å². The largest absolute Gasteiger partial charge is 0.338 e. The number of nitrogens with one attached hydrogen (secondary N) is 3. The van der Waals surface area contributed by atoms with Crippen molar-refractivity contribution in [3.63, 3.8) is 0 Å². The lowest BCUT2D eigenvalue weighted by Gasteiger charge is -2.07. The zero-order chi connectivity index (χ0) is 23.3. The third kappa shape index (κ3) is 3.70. The van der Waals surface area contributed by atoms with Gasteiger partial charge >= 0.3 is 0 Å². The van der Waals surface area contributed by atoms with E-state index in [2.05, 4.69) is 20.3 Å². The highest BCUT2D eigenvalue weighted by molar-refractivity contribution is 7.71. The summed E-state index contributed by atoms with van der Waals surface area (Å²) in [6, 6.07) is 12.8. The molecule has 33 heavy (non-hydrogen) atoms. The summed E-state index contributed by atoms with van der Waals surface area (Å²) in [6.07, 6.45) is 0. The van der Waals surface area contributed by atoms with Crippen molar-refractivity contribution in [3.8, 4) is 11.4 Å². The van der Waals surface area contributed by atoms with E-state index in [0.29, 0.717) is 33.2 Å². The fourth-order valence-electron chi connectivity index (χ4n) is 3.54. The zero-order valence-electron chi connectivity index (χ0n) is 17.1. The minimum atomic E-state index is -0.603. The van der Waals surface area contributed by atoms with Gasteiger partial charge in [-0.3, -0.25) is 14.2 Å². The van der Waals surface area contributed by atoms with Crippen LogP contribution < -0.4 is 10.9 Å².